The molecule has 740 valence electrons. The van der Waals surface area contributed by atoms with E-state index >= 15 is 0 Å². The maximum Gasteiger partial charge on any atom is 1.00 e. The van der Waals surface area contributed by atoms with Gasteiger partial charge in [0, 0.05) is 146 Å². The first-order chi connectivity index (χ1) is 64.5. The van der Waals surface area contributed by atoms with Crippen molar-refractivity contribution in [2.45, 2.75) is 145 Å². The summed E-state index contributed by atoms with van der Waals surface area (Å²) >= 11 is 28.4. The van der Waals surface area contributed by atoms with E-state index in [1.165, 1.54) is 109 Å². The number of imide groups is 4. The summed E-state index contributed by atoms with van der Waals surface area (Å²) in [6, 6.07) is 82.6. The van der Waals surface area contributed by atoms with Crippen LogP contribution < -0.4 is 93.0 Å². The first-order valence-corrected chi connectivity index (χ1v) is 53.4. The van der Waals surface area contributed by atoms with Crippen LogP contribution in [0.3, 0.4) is 0 Å². The summed E-state index contributed by atoms with van der Waals surface area (Å²) in [5.74, 6) is 5.57. The van der Waals surface area contributed by atoms with E-state index < -0.39 is 21.9 Å². The van der Waals surface area contributed by atoms with E-state index in [0.29, 0.717) is 31.7 Å². The number of thiocarbonyl (C=S) groups is 1. The van der Waals surface area contributed by atoms with Crippen LogP contribution in [0.2, 0.25) is 0 Å². The van der Waals surface area contributed by atoms with E-state index in [-0.39, 0.29) is 212 Å². The number of anilines is 6. The zero-order valence-electron chi connectivity index (χ0n) is 75.7. The van der Waals surface area contributed by atoms with Crippen LogP contribution in [0.25, 0.3) is 11.1 Å². The van der Waals surface area contributed by atoms with Crippen molar-refractivity contribution in [1.82, 2.24) is 20.3 Å². The van der Waals surface area contributed by atoms with E-state index in [2.05, 4.69) is 249 Å². The number of halogens is 5. The molecule has 0 bridgehead atoms. The van der Waals surface area contributed by atoms with Gasteiger partial charge in [0.15, 0.2) is 0 Å². The Morgan fingerprint density at radius 3 is 1.04 bits per heavy atom. The molecule has 4 fully saturated rings. The minimum Gasteiger partial charge on any atom is -1.00 e. The number of benzene rings is 9. The van der Waals surface area contributed by atoms with Gasteiger partial charge in [0.1, 0.15) is 22.6 Å². The fourth-order valence-corrected chi connectivity index (χ4v) is 21.5. The Morgan fingerprint density at radius 1 is 0.453 bits per heavy atom. The standard InChI is InChI=1S/C30H30N2O3S2.C26H28N2OS2.C24H23NO3S3.C5H6ClNO3.C5H6INO3.C4H5NO3.CH2ClI.CH4O2.3CH4.HI.Li.Na.H2/c1-2-3-19-36-30(37-21-35-32-27(33)17-18-28(32)34)29-23-13-7-9-15-25(23)31(20-22-11-5-4-6-12-22)26-16-10-8-14-24(26)29;1-2-3-17-30-26(31-19-29-27)25-21-13-7-9-15-23(21)28(18-20-11-5-4-6-12-20)24-16-10-8-14-22(24)25;26-31(27,28)16-8-15-30-24(29)23-19-11-4-6-13-21(19)25(17-18-9-2-1-3-10-18)22-14-7-5-12-20(22)23;2*6-3-10-7-4(8)1-2-5(7)9;6-3-1-2-4(7)5(3)8;2-1-3;1-3-2;;;;;;;/h4-16H,2-3,17-21H2,1H3;4-16H,2-3,17-19,27H2,1H3;1-7,9-14,23H,8,15-17H2,(H,26,27,28);2*1-3H2;8H,1-2H2;1H2;2H,1H3;3*1H4;1H;;;1H/q;;;;;;;;;;;;2*+1;/p-2/i;;;;;;;;;;;;;;1+1. The van der Waals surface area contributed by atoms with Gasteiger partial charge in [-0.15, -0.1) is 46.9 Å². The van der Waals surface area contributed by atoms with Crippen molar-refractivity contribution >= 4 is 246 Å². The largest absolute Gasteiger partial charge is 1.00 e. The molecular formula is C99H117Cl2I3LiN8NaO18S7. The van der Waals surface area contributed by atoms with Gasteiger partial charge >= 0.3 is 48.4 Å². The number of unbranched alkanes of at least 4 members (excludes halogenated alkanes) is 2. The molecule has 26 nitrogen and oxygen atoms in total. The number of carbonyl (C=O) groups excluding carboxylic acids is 8. The number of hydrogen-bond acceptors (Lipinski definition) is 28. The van der Waals surface area contributed by atoms with Crippen LogP contribution in [0.5, 0.6) is 0 Å². The third kappa shape index (κ3) is 38.2. The molecule has 7 aliphatic heterocycles. The zero-order chi connectivity index (χ0) is 95.6. The van der Waals surface area contributed by atoms with Gasteiger partial charge in [0.05, 0.1) is 39.7 Å². The number of hydrogen-bond donors (Lipinski definition) is 3. The fourth-order valence-electron chi connectivity index (χ4n) is 14.5. The second-order valence-electron chi connectivity index (χ2n) is 29.3. The number of amides is 8. The molecule has 0 aromatic heterocycles. The van der Waals surface area contributed by atoms with Crippen molar-refractivity contribution in [3.05, 3.63) is 295 Å². The van der Waals surface area contributed by atoms with Gasteiger partial charge in [-0.25, -0.2) is 24.0 Å². The first kappa shape index (κ1) is 127. The van der Waals surface area contributed by atoms with E-state index in [1.54, 1.807) is 23.5 Å². The second-order valence-corrected chi connectivity index (χ2v) is 40.0. The number of rotatable bonds is 30. The summed E-state index contributed by atoms with van der Waals surface area (Å²) in [4.78, 5) is 118. The molecule has 40 heteroatoms. The summed E-state index contributed by atoms with van der Waals surface area (Å²) < 4.78 is 36.9. The molecule has 7 aliphatic rings. The van der Waals surface area contributed by atoms with Crippen molar-refractivity contribution in [1.29, 1.82) is 0 Å². The molecule has 0 radical (unpaired) electrons. The molecule has 0 aliphatic carbocycles. The van der Waals surface area contributed by atoms with Crippen LogP contribution in [0, 0.1) is 0 Å². The summed E-state index contributed by atoms with van der Waals surface area (Å²) in [6.45, 7) is 6.79. The van der Waals surface area contributed by atoms with E-state index in [1.807, 2.05) is 94.6 Å². The van der Waals surface area contributed by atoms with Gasteiger partial charge in [-0.3, -0.25) is 63.3 Å². The van der Waals surface area contributed by atoms with Crippen molar-refractivity contribution in [3.63, 3.8) is 0 Å². The van der Waals surface area contributed by atoms with Crippen LogP contribution >= 0.6 is 139 Å². The fraction of sp³-hybridized carbons (Fsp3) is 0.323. The molecule has 8 amide bonds. The minimum atomic E-state index is -4.19. The Bertz CT molecular complexity index is 5360. The molecule has 0 saturated carbocycles. The average Bonchev–Trinajstić information content (AvgIpc) is 1.01. The van der Waals surface area contributed by atoms with Crippen molar-refractivity contribution in [3.8, 4) is 0 Å². The normalized spacial score (nSPS) is 13.8. The van der Waals surface area contributed by atoms with Crippen LogP contribution in [-0.4, -0.2) is 152 Å². The van der Waals surface area contributed by atoms with E-state index in [0.717, 1.165) is 85.0 Å². The molecule has 0 spiro atoms. The minimum absolute atomic E-state index is 0. The summed E-state index contributed by atoms with van der Waals surface area (Å²) in [7, 11) is -3.01. The summed E-state index contributed by atoms with van der Waals surface area (Å²) in [5, 5.41) is 18.1. The van der Waals surface area contributed by atoms with Crippen LogP contribution in [0.1, 0.15) is 177 Å². The molecule has 0 unspecified atom stereocenters. The molecule has 16 rings (SSSR count). The maximum atomic E-state index is 12.0. The number of fused-ring (bicyclic) bond motifs is 6. The van der Waals surface area contributed by atoms with Gasteiger partial charge in [0.2, 0.25) is 0 Å². The van der Waals surface area contributed by atoms with Gasteiger partial charge in [-0.2, -0.15) is 20.3 Å². The summed E-state index contributed by atoms with van der Waals surface area (Å²) in [6.07, 6.45) is 6.68. The molecule has 4 N–H and O–H groups in total. The predicted octanol–water partition coefficient (Wildman–Crippen LogP) is 15.1. The number of carbonyl (C=O) groups is 8. The molecule has 9 aromatic carbocycles. The van der Waals surface area contributed by atoms with Crippen LogP contribution in [-0.2, 0) is 92.3 Å². The van der Waals surface area contributed by atoms with Crippen LogP contribution in [0.4, 0.5) is 34.1 Å². The molecule has 139 heavy (non-hydrogen) atoms. The topological polar surface area (TPSA) is 329 Å². The van der Waals surface area contributed by atoms with E-state index in [4.69, 9.17) is 66.3 Å². The number of nitrogens with zero attached hydrogens (tertiary/aromatic N) is 7. The van der Waals surface area contributed by atoms with Gasteiger partial charge < -0.3 is 43.2 Å². The molecule has 4 saturated heterocycles. The number of nitrogens with two attached hydrogens (primary N) is 1. The molecule has 9 aromatic rings. The monoisotopic (exact) mass is 2410 g/mol. The van der Waals surface area contributed by atoms with Gasteiger partial charge in [0.25, 0.3) is 47.3 Å². The average molecular weight is 2410 g/mol. The zero-order valence-corrected chi connectivity index (χ0v) is 91.4. The number of hydroxylamine groups is 8. The quantitative estimate of drug-likeness (QED) is 0.00322. The number of thioether (sulfide) groups is 5. The third-order valence-corrected chi connectivity index (χ3v) is 27.9. The van der Waals surface area contributed by atoms with E-state index in [9.17, 15) is 51.3 Å². The maximum absolute atomic E-state index is 12.0. The molecular weight excluding hydrogens is 2300 g/mol. The van der Waals surface area contributed by atoms with Gasteiger partial charge in [-0.05, 0) is 101 Å². The summed E-state index contributed by atoms with van der Waals surface area (Å²) in [5.41, 5.74) is 20.5. The smallest absolute Gasteiger partial charge is 1.00 e. The van der Waals surface area contributed by atoms with Crippen molar-refractivity contribution < 1.29 is 160 Å². The first-order valence-electron chi connectivity index (χ1n) is 42.3. The predicted molar refractivity (Wildman–Crippen MR) is 574 cm³/mol. The second kappa shape index (κ2) is 68.6. The Kier molecular flexibility index (Phi) is 62.8. The molecule has 7 heterocycles. The number of alkyl halides is 4. The Balaban J connectivity index is 0.000000595. The third-order valence-electron chi connectivity index (χ3n) is 20.4. The SMILES string of the molecule is C.C.C.CCCCSC(SCON)=C1c2ccccc2N(Cc2ccccc2)c2ccccc21.CCCCSC(SCON1C(=O)CCC1=O)=C1c2ccccc2N(Cc2ccccc2)c2ccccc21.COO.ClCI.O=C1CCC(=O)N1O.O=C1CCC(=O)N1OCCl.O=C1CCC(=O)N1OCI.O=S(=O)([O-])CCCSC(=S)C1c2ccccc2N(Cc2ccccc2)c2ccccc21.[2HH].[I-].[Li+].[Na+]. The molecule has 0 atom stereocenters. The van der Waals surface area contributed by atoms with Crippen molar-refractivity contribution in [2.24, 2.45) is 5.90 Å². The Labute approximate surface area is 933 Å². The number of para-hydroxylation sites is 6. The Hall–Kier alpha value is -5.78. The van der Waals surface area contributed by atoms with Crippen LogP contribution in [0.15, 0.2) is 245 Å². The van der Waals surface area contributed by atoms with Gasteiger partial charge in [-0.1, -0.05) is 342 Å². The Morgan fingerprint density at radius 2 is 0.734 bits per heavy atom. The van der Waals surface area contributed by atoms with Crippen molar-refractivity contribution in [2.75, 3.05) is 71.3 Å².